The van der Waals surface area contributed by atoms with Gasteiger partial charge in [-0.25, -0.2) is 9.59 Å². The molecule has 2 unspecified atom stereocenters. The number of ketones is 1. The zero-order valence-electron chi connectivity index (χ0n) is 12.9. The first-order valence-corrected chi connectivity index (χ1v) is 6.75. The van der Waals surface area contributed by atoms with Crippen LogP contribution in [0.15, 0.2) is 24.3 Å². The fourth-order valence-electron chi connectivity index (χ4n) is 1.70. The Balaban J connectivity index is 3.03. The standard InChI is InChI=1S/C15H19NO7/c1-15(2,3)23-14(22)16-10(12(19)13(20)21)11(18)8-5-4-6-9(17)7-8/h4-7,10,12,17,19H,1-3H3,(H,16,22)(H,20,21). The van der Waals surface area contributed by atoms with Crippen molar-refractivity contribution in [3.05, 3.63) is 29.8 Å². The Morgan fingerprint density at radius 2 is 1.83 bits per heavy atom. The quantitative estimate of drug-likeness (QED) is 0.591. The molecular formula is C15H19NO7. The molecule has 1 amide bonds. The van der Waals surface area contributed by atoms with Crippen molar-refractivity contribution in [2.45, 2.75) is 38.5 Å². The number of carboxylic acid groups (broad SMARTS) is 1. The highest BCUT2D eigenvalue weighted by atomic mass is 16.6. The van der Waals surface area contributed by atoms with Gasteiger partial charge < -0.3 is 25.4 Å². The summed E-state index contributed by atoms with van der Waals surface area (Å²) < 4.78 is 4.95. The molecule has 8 heteroatoms. The first kappa shape index (κ1) is 18.4. The van der Waals surface area contributed by atoms with Crippen molar-refractivity contribution in [3.8, 4) is 5.75 Å². The maximum absolute atomic E-state index is 12.3. The molecule has 0 fully saturated rings. The van der Waals surface area contributed by atoms with Gasteiger partial charge in [-0.3, -0.25) is 4.79 Å². The van der Waals surface area contributed by atoms with Crippen molar-refractivity contribution in [1.82, 2.24) is 5.32 Å². The number of alkyl carbamates (subject to hydrolysis) is 1. The number of Topliss-reactive ketones (excluding diaryl/α,β-unsaturated/α-hetero) is 1. The van der Waals surface area contributed by atoms with Crippen molar-refractivity contribution in [1.29, 1.82) is 0 Å². The molecule has 0 aromatic heterocycles. The lowest BCUT2D eigenvalue weighted by atomic mass is 9.99. The number of carbonyl (C=O) groups is 3. The molecule has 0 aliphatic rings. The van der Waals surface area contributed by atoms with Crippen molar-refractivity contribution in [3.63, 3.8) is 0 Å². The van der Waals surface area contributed by atoms with Gasteiger partial charge in [-0.15, -0.1) is 0 Å². The molecule has 0 saturated heterocycles. The summed E-state index contributed by atoms with van der Waals surface area (Å²) in [6.07, 6.45) is -3.21. The minimum atomic E-state index is -2.17. The Bertz CT molecular complexity index is 606. The van der Waals surface area contributed by atoms with E-state index in [1.807, 2.05) is 5.32 Å². The predicted octanol–water partition coefficient (Wildman–Crippen LogP) is 0.914. The summed E-state index contributed by atoms with van der Waals surface area (Å²) in [5.41, 5.74) is -0.928. The van der Waals surface area contributed by atoms with Crippen LogP contribution >= 0.6 is 0 Å². The van der Waals surface area contributed by atoms with E-state index in [0.717, 1.165) is 6.07 Å². The van der Waals surface area contributed by atoms with Crippen molar-refractivity contribution >= 4 is 17.8 Å². The van der Waals surface area contributed by atoms with Crippen LogP contribution in [0.25, 0.3) is 0 Å². The number of phenolic OH excluding ortho intramolecular Hbond substituents is 1. The molecule has 2 atom stereocenters. The van der Waals surface area contributed by atoms with Crippen molar-refractivity contribution < 1.29 is 34.4 Å². The molecule has 126 valence electrons. The Hall–Kier alpha value is -2.61. The van der Waals surface area contributed by atoms with E-state index in [-0.39, 0.29) is 11.3 Å². The number of hydrogen-bond donors (Lipinski definition) is 4. The lowest BCUT2D eigenvalue weighted by Gasteiger charge is -2.24. The summed E-state index contributed by atoms with van der Waals surface area (Å²) in [6, 6.07) is 3.35. The second-order valence-electron chi connectivity index (χ2n) is 5.82. The molecule has 4 N–H and O–H groups in total. The Kier molecular flexibility index (Phi) is 5.69. The van der Waals surface area contributed by atoms with Crippen LogP contribution in [0.1, 0.15) is 31.1 Å². The molecule has 0 saturated carbocycles. The molecule has 0 radical (unpaired) electrons. The fraction of sp³-hybridized carbons (Fsp3) is 0.400. The maximum Gasteiger partial charge on any atom is 0.408 e. The van der Waals surface area contributed by atoms with Gasteiger partial charge in [0.1, 0.15) is 17.4 Å². The molecule has 0 heterocycles. The number of rotatable bonds is 5. The van der Waals surface area contributed by atoms with Gasteiger partial charge >= 0.3 is 12.1 Å². The molecule has 0 bridgehead atoms. The van der Waals surface area contributed by atoms with Crippen molar-refractivity contribution in [2.24, 2.45) is 0 Å². The molecule has 1 aromatic rings. The van der Waals surface area contributed by atoms with Crippen LogP contribution in [0.2, 0.25) is 0 Å². The second-order valence-corrected chi connectivity index (χ2v) is 5.82. The number of carbonyl (C=O) groups excluding carboxylic acids is 2. The zero-order chi connectivity index (χ0) is 17.8. The maximum atomic E-state index is 12.3. The highest BCUT2D eigenvalue weighted by Crippen LogP contribution is 2.15. The largest absolute Gasteiger partial charge is 0.508 e. The number of hydrogen-bond acceptors (Lipinski definition) is 6. The lowest BCUT2D eigenvalue weighted by Crippen LogP contribution is -2.52. The summed E-state index contributed by atoms with van der Waals surface area (Å²) in [4.78, 5) is 35.1. The molecule has 0 spiro atoms. The summed E-state index contributed by atoms with van der Waals surface area (Å²) in [5.74, 6) is -2.77. The van der Waals surface area contributed by atoms with Crippen LogP contribution < -0.4 is 5.32 Å². The Morgan fingerprint density at radius 1 is 1.22 bits per heavy atom. The third kappa shape index (κ3) is 5.59. The molecule has 0 aliphatic carbocycles. The number of aromatic hydroxyl groups is 1. The smallest absolute Gasteiger partial charge is 0.408 e. The van der Waals surface area contributed by atoms with Crippen LogP contribution in [0, 0.1) is 0 Å². The molecule has 1 rings (SSSR count). The molecule has 1 aromatic carbocycles. The number of ether oxygens (including phenoxy) is 1. The van der Waals surface area contributed by atoms with Gasteiger partial charge in [-0.1, -0.05) is 12.1 Å². The highest BCUT2D eigenvalue weighted by Gasteiger charge is 2.35. The van der Waals surface area contributed by atoms with E-state index in [0.29, 0.717) is 0 Å². The molecular weight excluding hydrogens is 306 g/mol. The number of amides is 1. The van der Waals surface area contributed by atoms with Gasteiger partial charge in [0, 0.05) is 5.56 Å². The summed E-state index contributed by atoms with van der Waals surface area (Å²) in [6.45, 7) is 4.77. The van der Waals surface area contributed by atoms with Crippen LogP contribution in [0.5, 0.6) is 5.75 Å². The van der Waals surface area contributed by atoms with Gasteiger partial charge in [0.15, 0.2) is 11.9 Å². The summed E-state index contributed by atoms with van der Waals surface area (Å²) in [7, 11) is 0. The first-order valence-electron chi connectivity index (χ1n) is 6.75. The SMILES string of the molecule is CC(C)(C)OC(=O)NC(C(=O)c1cccc(O)c1)C(O)C(=O)O. The van der Waals surface area contributed by atoms with E-state index < -0.39 is 35.6 Å². The number of aliphatic hydroxyl groups is 1. The fourth-order valence-corrected chi connectivity index (χ4v) is 1.70. The van der Waals surface area contributed by atoms with Crippen molar-refractivity contribution in [2.75, 3.05) is 0 Å². The number of carboxylic acids is 1. The monoisotopic (exact) mass is 325 g/mol. The van der Waals surface area contributed by atoms with Crippen LogP contribution in [0.3, 0.4) is 0 Å². The third-order valence-electron chi connectivity index (χ3n) is 2.65. The predicted molar refractivity (Wildman–Crippen MR) is 79.2 cm³/mol. The normalized spacial score (nSPS) is 13.7. The lowest BCUT2D eigenvalue weighted by molar-refractivity contribution is -0.147. The van der Waals surface area contributed by atoms with E-state index in [2.05, 4.69) is 0 Å². The van der Waals surface area contributed by atoms with Crippen LogP contribution in [0.4, 0.5) is 4.79 Å². The van der Waals surface area contributed by atoms with E-state index in [1.165, 1.54) is 18.2 Å². The number of benzene rings is 1. The van der Waals surface area contributed by atoms with Gasteiger partial charge in [0.25, 0.3) is 0 Å². The van der Waals surface area contributed by atoms with Gasteiger partial charge in [0.05, 0.1) is 0 Å². The van der Waals surface area contributed by atoms with E-state index >= 15 is 0 Å². The van der Waals surface area contributed by atoms with E-state index in [9.17, 15) is 24.6 Å². The van der Waals surface area contributed by atoms with Gasteiger partial charge in [-0.2, -0.15) is 0 Å². The van der Waals surface area contributed by atoms with Crippen LogP contribution in [-0.4, -0.2) is 50.9 Å². The topological polar surface area (TPSA) is 133 Å². The number of aliphatic hydroxyl groups excluding tert-OH is 1. The number of phenols is 1. The van der Waals surface area contributed by atoms with E-state index in [4.69, 9.17) is 9.84 Å². The van der Waals surface area contributed by atoms with Crippen LogP contribution in [-0.2, 0) is 9.53 Å². The average Bonchev–Trinajstić information content (AvgIpc) is 2.41. The minimum Gasteiger partial charge on any atom is -0.508 e. The second kappa shape index (κ2) is 7.10. The zero-order valence-corrected chi connectivity index (χ0v) is 12.9. The summed E-state index contributed by atoms with van der Waals surface area (Å²) in [5, 5.41) is 30.0. The number of nitrogens with one attached hydrogen (secondary N) is 1. The third-order valence-corrected chi connectivity index (χ3v) is 2.65. The van der Waals surface area contributed by atoms with Gasteiger partial charge in [0.2, 0.25) is 0 Å². The van der Waals surface area contributed by atoms with Gasteiger partial charge in [-0.05, 0) is 32.9 Å². The molecule has 0 aliphatic heterocycles. The molecule has 23 heavy (non-hydrogen) atoms. The Labute approximate surface area is 132 Å². The number of aliphatic carboxylic acids is 1. The minimum absolute atomic E-state index is 0.0636. The average molecular weight is 325 g/mol. The summed E-state index contributed by atoms with van der Waals surface area (Å²) >= 11 is 0. The first-order chi connectivity index (χ1) is 10.5. The van der Waals surface area contributed by atoms with E-state index in [1.54, 1.807) is 20.8 Å². The highest BCUT2D eigenvalue weighted by molar-refractivity contribution is 6.04. The Morgan fingerprint density at radius 3 is 2.30 bits per heavy atom. The molecule has 8 nitrogen and oxygen atoms in total.